The highest BCUT2D eigenvalue weighted by molar-refractivity contribution is 5.73. The van der Waals surface area contributed by atoms with Crippen LogP contribution in [0.15, 0.2) is 11.6 Å². The molecule has 74 valence electrons. The van der Waals surface area contributed by atoms with Gasteiger partial charge in [-0.15, -0.1) is 0 Å². The van der Waals surface area contributed by atoms with Crippen LogP contribution >= 0.6 is 0 Å². The first kappa shape index (κ1) is 10.3. The second kappa shape index (κ2) is 4.42. The summed E-state index contributed by atoms with van der Waals surface area (Å²) in [6.07, 6.45) is 4.36. The number of carbonyl (C=O) groups is 1. The van der Waals surface area contributed by atoms with Gasteiger partial charge in [-0.05, 0) is 31.8 Å². The van der Waals surface area contributed by atoms with Crippen molar-refractivity contribution in [2.75, 3.05) is 7.11 Å². The number of hydrogen-bond acceptors (Lipinski definition) is 3. The third-order valence-corrected chi connectivity index (χ3v) is 2.50. The van der Waals surface area contributed by atoms with Gasteiger partial charge in [0, 0.05) is 0 Å². The maximum absolute atomic E-state index is 11.1. The second-order valence-electron chi connectivity index (χ2n) is 3.43. The summed E-state index contributed by atoms with van der Waals surface area (Å²) in [7, 11) is 1.34. The predicted molar refractivity (Wildman–Crippen MR) is 49.1 cm³/mol. The zero-order valence-electron chi connectivity index (χ0n) is 8.12. The minimum absolute atomic E-state index is 0.347. The molecule has 1 rings (SSSR count). The number of esters is 1. The van der Waals surface area contributed by atoms with Crippen LogP contribution in [0.5, 0.6) is 0 Å². The van der Waals surface area contributed by atoms with E-state index in [9.17, 15) is 9.90 Å². The molecule has 0 aromatic rings. The van der Waals surface area contributed by atoms with E-state index in [1.54, 1.807) is 6.92 Å². The van der Waals surface area contributed by atoms with Gasteiger partial charge in [0.15, 0.2) is 0 Å². The Morgan fingerprint density at radius 1 is 1.69 bits per heavy atom. The molecule has 0 aliphatic heterocycles. The van der Waals surface area contributed by atoms with Gasteiger partial charge in [-0.25, -0.2) is 0 Å². The molecule has 1 aliphatic rings. The highest BCUT2D eigenvalue weighted by Gasteiger charge is 2.26. The molecule has 0 bridgehead atoms. The molecule has 0 fully saturated rings. The van der Waals surface area contributed by atoms with Crippen LogP contribution in [0, 0.1) is 5.92 Å². The minimum Gasteiger partial charge on any atom is -0.469 e. The van der Waals surface area contributed by atoms with Gasteiger partial charge in [0.05, 0.1) is 19.1 Å². The van der Waals surface area contributed by atoms with E-state index in [2.05, 4.69) is 4.74 Å². The lowest BCUT2D eigenvalue weighted by Crippen LogP contribution is -2.27. The molecule has 3 heteroatoms. The van der Waals surface area contributed by atoms with E-state index >= 15 is 0 Å². The predicted octanol–water partition coefficient (Wildman–Crippen LogP) is 1.27. The SMILES string of the molecule is COC(=O)C(C)C(O)C1=CCCC1. The van der Waals surface area contributed by atoms with Gasteiger partial charge in [0.1, 0.15) is 0 Å². The van der Waals surface area contributed by atoms with Gasteiger partial charge in [0.25, 0.3) is 0 Å². The van der Waals surface area contributed by atoms with Gasteiger partial charge in [-0.2, -0.15) is 0 Å². The Balaban J connectivity index is 2.55. The summed E-state index contributed by atoms with van der Waals surface area (Å²) in [6, 6.07) is 0. The van der Waals surface area contributed by atoms with Gasteiger partial charge in [-0.3, -0.25) is 4.79 Å². The zero-order valence-corrected chi connectivity index (χ0v) is 8.12. The molecule has 2 unspecified atom stereocenters. The molecular formula is C10H16O3. The summed E-state index contributed by atoms with van der Waals surface area (Å²) in [5.74, 6) is -0.797. The number of ether oxygens (including phenoxy) is 1. The molecule has 2 atom stereocenters. The highest BCUT2D eigenvalue weighted by Crippen LogP contribution is 2.25. The lowest BCUT2D eigenvalue weighted by atomic mass is 9.97. The van der Waals surface area contributed by atoms with Crippen molar-refractivity contribution in [1.82, 2.24) is 0 Å². The fourth-order valence-electron chi connectivity index (χ4n) is 1.60. The zero-order chi connectivity index (χ0) is 9.84. The molecule has 0 aromatic carbocycles. The van der Waals surface area contributed by atoms with Crippen molar-refractivity contribution in [1.29, 1.82) is 0 Å². The smallest absolute Gasteiger partial charge is 0.311 e. The van der Waals surface area contributed by atoms with Crippen molar-refractivity contribution in [3.8, 4) is 0 Å². The topological polar surface area (TPSA) is 46.5 Å². The molecule has 3 nitrogen and oxygen atoms in total. The number of hydrogen-bond donors (Lipinski definition) is 1. The number of rotatable bonds is 3. The standard InChI is InChI=1S/C10H16O3/c1-7(10(12)13-2)9(11)8-5-3-4-6-8/h5,7,9,11H,3-4,6H2,1-2H3. The minimum atomic E-state index is -0.657. The Bertz CT molecular complexity index is 220. The van der Waals surface area contributed by atoms with Crippen molar-refractivity contribution in [3.05, 3.63) is 11.6 Å². The number of aliphatic hydroxyl groups excluding tert-OH is 1. The number of methoxy groups -OCH3 is 1. The molecule has 0 saturated heterocycles. The fourth-order valence-corrected chi connectivity index (χ4v) is 1.60. The largest absolute Gasteiger partial charge is 0.469 e. The number of allylic oxidation sites excluding steroid dienone is 1. The quantitative estimate of drug-likeness (QED) is 0.530. The van der Waals surface area contributed by atoms with Gasteiger partial charge in [-0.1, -0.05) is 6.08 Å². The van der Waals surface area contributed by atoms with Crippen LogP contribution in [-0.2, 0) is 9.53 Å². The molecule has 0 amide bonds. The van der Waals surface area contributed by atoms with E-state index in [-0.39, 0.29) is 5.97 Å². The average Bonchev–Trinajstić information content (AvgIpc) is 2.67. The highest BCUT2D eigenvalue weighted by atomic mass is 16.5. The van der Waals surface area contributed by atoms with E-state index in [0.717, 1.165) is 24.8 Å². The van der Waals surface area contributed by atoms with E-state index < -0.39 is 12.0 Å². The molecule has 13 heavy (non-hydrogen) atoms. The molecular weight excluding hydrogens is 168 g/mol. The Hall–Kier alpha value is -0.830. The molecule has 0 heterocycles. The molecule has 1 N–H and O–H groups in total. The molecule has 0 saturated carbocycles. The van der Waals surface area contributed by atoms with Crippen LogP contribution in [0.3, 0.4) is 0 Å². The first-order valence-electron chi connectivity index (χ1n) is 4.61. The normalized spacial score (nSPS) is 20.7. The van der Waals surface area contributed by atoms with Crippen molar-refractivity contribution in [3.63, 3.8) is 0 Å². The van der Waals surface area contributed by atoms with Crippen molar-refractivity contribution >= 4 is 5.97 Å². The molecule has 0 spiro atoms. The van der Waals surface area contributed by atoms with Crippen LogP contribution in [0.2, 0.25) is 0 Å². The molecule has 1 aliphatic carbocycles. The Morgan fingerprint density at radius 3 is 2.85 bits per heavy atom. The lowest BCUT2D eigenvalue weighted by Gasteiger charge is -2.17. The van der Waals surface area contributed by atoms with Crippen LogP contribution in [0.25, 0.3) is 0 Å². The maximum Gasteiger partial charge on any atom is 0.311 e. The van der Waals surface area contributed by atoms with E-state index in [1.165, 1.54) is 7.11 Å². The summed E-state index contributed by atoms with van der Waals surface area (Å²) >= 11 is 0. The van der Waals surface area contributed by atoms with Gasteiger partial charge < -0.3 is 9.84 Å². The Kier molecular flexibility index (Phi) is 3.48. The second-order valence-corrected chi connectivity index (χ2v) is 3.43. The van der Waals surface area contributed by atoms with Crippen molar-refractivity contribution in [2.45, 2.75) is 32.3 Å². The van der Waals surface area contributed by atoms with Crippen LogP contribution in [0.4, 0.5) is 0 Å². The van der Waals surface area contributed by atoms with Crippen LogP contribution < -0.4 is 0 Å². The summed E-state index contributed by atoms with van der Waals surface area (Å²) in [4.78, 5) is 11.1. The number of carbonyl (C=O) groups excluding carboxylic acids is 1. The van der Waals surface area contributed by atoms with Gasteiger partial charge in [0.2, 0.25) is 0 Å². The first-order chi connectivity index (χ1) is 6.16. The summed E-state index contributed by atoms with van der Waals surface area (Å²) in [5, 5.41) is 9.75. The lowest BCUT2D eigenvalue weighted by molar-refractivity contribution is -0.147. The first-order valence-corrected chi connectivity index (χ1v) is 4.61. The van der Waals surface area contributed by atoms with Crippen LogP contribution in [-0.4, -0.2) is 24.3 Å². The van der Waals surface area contributed by atoms with Crippen molar-refractivity contribution < 1.29 is 14.6 Å². The summed E-state index contributed by atoms with van der Waals surface area (Å²) in [6.45, 7) is 1.69. The monoisotopic (exact) mass is 184 g/mol. The molecule has 0 radical (unpaired) electrons. The Morgan fingerprint density at radius 2 is 2.38 bits per heavy atom. The van der Waals surface area contributed by atoms with Crippen LogP contribution in [0.1, 0.15) is 26.2 Å². The summed E-state index contributed by atoms with van der Waals surface area (Å²) < 4.78 is 4.57. The third-order valence-electron chi connectivity index (χ3n) is 2.50. The number of aliphatic hydroxyl groups is 1. The maximum atomic E-state index is 11.1. The van der Waals surface area contributed by atoms with E-state index in [1.807, 2.05) is 6.08 Å². The van der Waals surface area contributed by atoms with E-state index in [4.69, 9.17) is 0 Å². The van der Waals surface area contributed by atoms with Gasteiger partial charge >= 0.3 is 5.97 Å². The fraction of sp³-hybridized carbons (Fsp3) is 0.700. The van der Waals surface area contributed by atoms with E-state index in [0.29, 0.717) is 0 Å². The average molecular weight is 184 g/mol. The summed E-state index contributed by atoms with van der Waals surface area (Å²) in [5.41, 5.74) is 0.984. The Labute approximate surface area is 78.4 Å². The third kappa shape index (κ3) is 2.31. The molecule has 0 aromatic heterocycles. The van der Waals surface area contributed by atoms with Crippen molar-refractivity contribution in [2.24, 2.45) is 5.92 Å².